The fourth-order valence-electron chi connectivity index (χ4n) is 4.25. The molecule has 7 nitrogen and oxygen atoms in total. The molecule has 0 unspecified atom stereocenters. The average Bonchev–Trinajstić information content (AvgIpc) is 2.63. The van der Waals surface area contributed by atoms with Crippen LogP contribution in [0.15, 0.2) is 6.20 Å². The first-order valence-electron chi connectivity index (χ1n) is 9.47. The molecule has 26 heavy (non-hydrogen) atoms. The Morgan fingerprint density at radius 1 is 1.31 bits per heavy atom. The molecule has 3 heterocycles. The molecule has 0 aliphatic carbocycles. The van der Waals surface area contributed by atoms with Crippen molar-refractivity contribution in [2.75, 3.05) is 63.8 Å². The van der Waals surface area contributed by atoms with E-state index < -0.39 is 0 Å². The molecule has 2 fully saturated rings. The van der Waals surface area contributed by atoms with Gasteiger partial charge in [-0.1, -0.05) is 0 Å². The summed E-state index contributed by atoms with van der Waals surface area (Å²) in [5.74, 6) is 2.03. The lowest BCUT2D eigenvalue weighted by molar-refractivity contribution is -0.138. The molecule has 1 aromatic heterocycles. The van der Waals surface area contributed by atoms with Crippen molar-refractivity contribution in [2.24, 2.45) is 5.41 Å². The lowest BCUT2D eigenvalue weighted by atomic mass is 9.73. The lowest BCUT2D eigenvalue weighted by Crippen LogP contribution is -2.55. The van der Waals surface area contributed by atoms with Crippen LogP contribution >= 0.6 is 0 Å². The molecule has 2 aliphatic heterocycles. The first-order valence-corrected chi connectivity index (χ1v) is 9.47. The van der Waals surface area contributed by atoms with Gasteiger partial charge in [0.25, 0.3) is 0 Å². The minimum absolute atomic E-state index is 0.145. The number of aromatic nitrogens is 2. The third-order valence-electron chi connectivity index (χ3n) is 5.61. The van der Waals surface area contributed by atoms with Gasteiger partial charge in [0, 0.05) is 71.0 Å². The SMILES string of the molecule is COCCN1C[C@@]2(CCCN(c3ncc(C)c(N(C)C)n3)C2)CCC1=O. The first-order chi connectivity index (χ1) is 12.4. The van der Waals surface area contributed by atoms with Gasteiger partial charge in [0.1, 0.15) is 5.82 Å². The van der Waals surface area contributed by atoms with Crippen molar-refractivity contribution < 1.29 is 9.53 Å². The Balaban J connectivity index is 1.76. The summed E-state index contributed by atoms with van der Waals surface area (Å²) < 4.78 is 5.18. The smallest absolute Gasteiger partial charge is 0.227 e. The van der Waals surface area contributed by atoms with Gasteiger partial charge in [-0.3, -0.25) is 4.79 Å². The van der Waals surface area contributed by atoms with Gasteiger partial charge in [0.05, 0.1) is 6.61 Å². The van der Waals surface area contributed by atoms with Crippen LogP contribution in [-0.4, -0.2) is 74.8 Å². The van der Waals surface area contributed by atoms with E-state index >= 15 is 0 Å². The lowest BCUT2D eigenvalue weighted by Gasteiger charge is -2.48. The number of nitrogens with zero attached hydrogens (tertiary/aromatic N) is 5. The van der Waals surface area contributed by atoms with Crippen LogP contribution in [0.25, 0.3) is 0 Å². The number of hydrogen-bond acceptors (Lipinski definition) is 6. The van der Waals surface area contributed by atoms with Gasteiger partial charge in [-0.25, -0.2) is 4.98 Å². The normalized spacial score (nSPS) is 23.6. The summed E-state index contributed by atoms with van der Waals surface area (Å²) in [5, 5.41) is 0. The second kappa shape index (κ2) is 7.78. The zero-order chi connectivity index (χ0) is 18.7. The number of amides is 1. The highest BCUT2D eigenvalue weighted by molar-refractivity contribution is 5.77. The average molecular weight is 361 g/mol. The predicted molar refractivity (Wildman–Crippen MR) is 103 cm³/mol. The summed E-state index contributed by atoms with van der Waals surface area (Å²) in [7, 11) is 5.71. The van der Waals surface area contributed by atoms with E-state index in [1.165, 1.54) is 0 Å². The molecule has 3 rings (SSSR count). The number of ether oxygens (including phenoxy) is 1. The fraction of sp³-hybridized carbons (Fsp3) is 0.737. The van der Waals surface area contributed by atoms with E-state index in [2.05, 4.69) is 9.88 Å². The summed E-state index contributed by atoms with van der Waals surface area (Å²) >= 11 is 0. The number of anilines is 2. The topological polar surface area (TPSA) is 61.8 Å². The Morgan fingerprint density at radius 3 is 2.85 bits per heavy atom. The number of carbonyl (C=O) groups excluding carboxylic acids is 1. The van der Waals surface area contributed by atoms with Crippen LogP contribution in [0.4, 0.5) is 11.8 Å². The molecule has 1 aromatic rings. The van der Waals surface area contributed by atoms with E-state index in [1.54, 1.807) is 7.11 Å². The van der Waals surface area contributed by atoms with E-state index in [0.29, 0.717) is 19.6 Å². The van der Waals surface area contributed by atoms with E-state index in [0.717, 1.165) is 56.2 Å². The van der Waals surface area contributed by atoms with E-state index in [4.69, 9.17) is 9.72 Å². The third-order valence-corrected chi connectivity index (χ3v) is 5.61. The highest BCUT2D eigenvalue weighted by Crippen LogP contribution is 2.39. The second-order valence-electron chi connectivity index (χ2n) is 7.90. The van der Waals surface area contributed by atoms with Crippen LogP contribution in [0.1, 0.15) is 31.2 Å². The van der Waals surface area contributed by atoms with Crippen LogP contribution < -0.4 is 9.80 Å². The molecular formula is C19H31N5O2. The maximum atomic E-state index is 12.3. The summed E-state index contributed by atoms with van der Waals surface area (Å²) in [6.45, 7) is 6.03. The second-order valence-corrected chi connectivity index (χ2v) is 7.90. The number of carbonyl (C=O) groups is 1. The van der Waals surface area contributed by atoms with Crippen molar-refractivity contribution in [1.82, 2.24) is 14.9 Å². The Morgan fingerprint density at radius 2 is 2.12 bits per heavy atom. The van der Waals surface area contributed by atoms with E-state index in [1.807, 2.05) is 37.0 Å². The molecule has 1 atom stereocenters. The number of hydrogen-bond donors (Lipinski definition) is 0. The first kappa shape index (κ1) is 18.9. The number of rotatable bonds is 5. The van der Waals surface area contributed by atoms with Crippen LogP contribution in [0, 0.1) is 12.3 Å². The van der Waals surface area contributed by atoms with Crippen molar-refractivity contribution in [2.45, 2.75) is 32.6 Å². The molecule has 0 saturated carbocycles. The van der Waals surface area contributed by atoms with Gasteiger partial charge in [0.15, 0.2) is 0 Å². The summed E-state index contributed by atoms with van der Waals surface area (Å²) in [4.78, 5) is 28.0. The van der Waals surface area contributed by atoms with Crippen molar-refractivity contribution >= 4 is 17.7 Å². The molecule has 7 heteroatoms. The van der Waals surface area contributed by atoms with Crippen molar-refractivity contribution in [3.05, 3.63) is 11.8 Å². The highest BCUT2D eigenvalue weighted by atomic mass is 16.5. The number of methoxy groups -OCH3 is 1. The molecule has 0 radical (unpaired) electrons. The Bertz CT molecular complexity index is 651. The standard InChI is InChI=1S/C19H31N5O2/c1-15-12-20-18(21-17(15)22(2)3)24-9-5-7-19(14-24)8-6-16(25)23(13-19)10-11-26-4/h12H,5-11,13-14H2,1-4H3/t19-/m1/s1. The largest absolute Gasteiger partial charge is 0.383 e. The van der Waals surface area contributed by atoms with Gasteiger partial charge in [-0.05, 0) is 26.2 Å². The predicted octanol–water partition coefficient (Wildman–Crippen LogP) is 1.71. The maximum Gasteiger partial charge on any atom is 0.227 e. The van der Waals surface area contributed by atoms with Crippen LogP contribution in [-0.2, 0) is 9.53 Å². The molecular weight excluding hydrogens is 330 g/mol. The third kappa shape index (κ3) is 3.92. The molecule has 2 saturated heterocycles. The van der Waals surface area contributed by atoms with Gasteiger partial charge in [0.2, 0.25) is 11.9 Å². The number of aryl methyl sites for hydroxylation is 1. The van der Waals surface area contributed by atoms with Crippen LogP contribution in [0.3, 0.4) is 0 Å². The van der Waals surface area contributed by atoms with Crippen molar-refractivity contribution in [1.29, 1.82) is 0 Å². The minimum Gasteiger partial charge on any atom is -0.383 e. The van der Waals surface area contributed by atoms with Gasteiger partial charge >= 0.3 is 0 Å². The Labute approximate surface area is 156 Å². The van der Waals surface area contributed by atoms with Crippen molar-refractivity contribution in [3.8, 4) is 0 Å². The van der Waals surface area contributed by atoms with Gasteiger partial charge < -0.3 is 19.4 Å². The number of piperidine rings is 2. The zero-order valence-corrected chi connectivity index (χ0v) is 16.5. The number of likely N-dealkylation sites (tertiary alicyclic amines) is 1. The van der Waals surface area contributed by atoms with Gasteiger partial charge in [-0.15, -0.1) is 0 Å². The van der Waals surface area contributed by atoms with Crippen LogP contribution in [0.2, 0.25) is 0 Å². The molecule has 1 amide bonds. The quantitative estimate of drug-likeness (QED) is 0.796. The van der Waals surface area contributed by atoms with Gasteiger partial charge in [-0.2, -0.15) is 4.98 Å². The molecule has 144 valence electrons. The summed E-state index contributed by atoms with van der Waals surface area (Å²) in [6.07, 6.45) is 5.77. The Kier molecular flexibility index (Phi) is 5.65. The molecule has 2 aliphatic rings. The summed E-state index contributed by atoms with van der Waals surface area (Å²) in [5.41, 5.74) is 1.23. The van der Waals surface area contributed by atoms with Crippen LogP contribution in [0.5, 0.6) is 0 Å². The minimum atomic E-state index is 0.145. The van der Waals surface area contributed by atoms with Crippen molar-refractivity contribution in [3.63, 3.8) is 0 Å². The maximum absolute atomic E-state index is 12.3. The van der Waals surface area contributed by atoms with E-state index in [-0.39, 0.29) is 11.3 Å². The summed E-state index contributed by atoms with van der Waals surface area (Å²) in [6, 6.07) is 0. The zero-order valence-electron chi connectivity index (χ0n) is 16.5. The monoisotopic (exact) mass is 361 g/mol. The fourth-order valence-corrected chi connectivity index (χ4v) is 4.25. The molecule has 0 N–H and O–H groups in total. The van der Waals surface area contributed by atoms with E-state index in [9.17, 15) is 4.79 Å². The highest BCUT2D eigenvalue weighted by Gasteiger charge is 2.42. The Hall–Kier alpha value is -1.89. The molecule has 0 bridgehead atoms. The molecule has 0 aromatic carbocycles. The molecule has 1 spiro atoms.